The van der Waals surface area contributed by atoms with Crippen molar-refractivity contribution in [1.82, 2.24) is 5.32 Å². The minimum atomic E-state index is -0.576. The summed E-state index contributed by atoms with van der Waals surface area (Å²) in [5.74, 6) is 1.47. The molecular weight excluding hydrogens is 298 g/mol. The summed E-state index contributed by atoms with van der Waals surface area (Å²) in [6.45, 7) is 3.67. The molecule has 3 N–H and O–H groups in total. The highest BCUT2D eigenvalue weighted by Gasteiger charge is 2.13. The molecular formula is C16H19N3O4. The van der Waals surface area contributed by atoms with Gasteiger partial charge in [0.2, 0.25) is 0 Å². The predicted molar refractivity (Wildman–Crippen MR) is 86.5 cm³/mol. The Morgan fingerprint density at radius 1 is 1.13 bits per heavy atom. The maximum absolute atomic E-state index is 12.0. The van der Waals surface area contributed by atoms with Gasteiger partial charge in [0.15, 0.2) is 0 Å². The second-order valence-corrected chi connectivity index (χ2v) is 4.97. The molecule has 1 atom stereocenters. The maximum atomic E-state index is 12.0. The molecule has 0 radical (unpaired) electrons. The van der Waals surface area contributed by atoms with E-state index in [0.29, 0.717) is 17.1 Å². The number of aryl methyl sites for hydroxylation is 1. The van der Waals surface area contributed by atoms with Crippen LogP contribution in [0.15, 0.2) is 40.8 Å². The second-order valence-electron chi connectivity index (χ2n) is 4.97. The molecule has 1 aromatic carbocycles. The lowest BCUT2D eigenvalue weighted by Crippen LogP contribution is -2.31. The number of amides is 3. The van der Waals surface area contributed by atoms with E-state index in [4.69, 9.17) is 4.42 Å². The number of hydrogen-bond donors (Lipinski definition) is 3. The zero-order chi connectivity index (χ0) is 16.8. The quantitative estimate of drug-likeness (QED) is 0.802. The van der Waals surface area contributed by atoms with Gasteiger partial charge in [-0.05, 0) is 44.2 Å². The highest BCUT2D eigenvalue weighted by Crippen LogP contribution is 2.17. The van der Waals surface area contributed by atoms with Crippen molar-refractivity contribution in [2.75, 3.05) is 17.7 Å². The van der Waals surface area contributed by atoms with Crippen LogP contribution in [0, 0.1) is 6.92 Å². The van der Waals surface area contributed by atoms with Crippen LogP contribution in [0.2, 0.25) is 0 Å². The summed E-state index contributed by atoms with van der Waals surface area (Å²) in [6.07, 6.45) is -0.576. The third-order valence-electron chi connectivity index (χ3n) is 3.09. The highest BCUT2D eigenvalue weighted by molar-refractivity contribution is 5.91. The van der Waals surface area contributed by atoms with E-state index in [-0.39, 0.29) is 12.1 Å². The monoisotopic (exact) mass is 317 g/mol. The average Bonchev–Trinajstić information content (AvgIpc) is 2.94. The summed E-state index contributed by atoms with van der Waals surface area (Å²) in [5, 5.41) is 8.00. The number of ether oxygens (including phenoxy) is 1. The first-order chi connectivity index (χ1) is 11.0. The van der Waals surface area contributed by atoms with Crippen molar-refractivity contribution in [3.05, 3.63) is 47.9 Å². The Morgan fingerprint density at radius 3 is 2.43 bits per heavy atom. The molecule has 122 valence electrons. The van der Waals surface area contributed by atoms with Crippen molar-refractivity contribution in [1.29, 1.82) is 0 Å². The van der Waals surface area contributed by atoms with Gasteiger partial charge in [-0.25, -0.2) is 9.59 Å². The summed E-state index contributed by atoms with van der Waals surface area (Å²) in [5.41, 5.74) is 1.06. The molecule has 0 fully saturated rings. The van der Waals surface area contributed by atoms with Crippen LogP contribution in [0.3, 0.4) is 0 Å². The number of nitrogens with one attached hydrogen (secondary N) is 3. The Labute approximate surface area is 134 Å². The summed E-state index contributed by atoms with van der Waals surface area (Å²) in [6, 6.07) is 9.76. The minimum absolute atomic E-state index is 0.264. The standard InChI is InChI=1S/C16H19N3O4/c1-10-7-8-14(23-10)11(2)17-15(20)18-12-5-4-6-13(9-12)19-16(21)22-3/h4-9,11H,1-3H3,(H,19,21)(H2,17,18,20)/t11-/m0/s1. The number of benzene rings is 1. The number of methoxy groups -OCH3 is 1. The van der Waals surface area contributed by atoms with Gasteiger partial charge >= 0.3 is 12.1 Å². The van der Waals surface area contributed by atoms with Crippen molar-refractivity contribution < 1.29 is 18.7 Å². The normalized spacial score (nSPS) is 11.4. The Kier molecular flexibility index (Phi) is 5.24. The van der Waals surface area contributed by atoms with Crippen LogP contribution in [0.5, 0.6) is 0 Å². The van der Waals surface area contributed by atoms with Crippen LogP contribution in [0.4, 0.5) is 21.0 Å². The second kappa shape index (κ2) is 7.35. The average molecular weight is 317 g/mol. The maximum Gasteiger partial charge on any atom is 0.411 e. The molecule has 2 aromatic rings. The molecule has 0 aliphatic carbocycles. The van der Waals surface area contributed by atoms with E-state index in [9.17, 15) is 9.59 Å². The molecule has 1 aromatic heterocycles. The van der Waals surface area contributed by atoms with E-state index < -0.39 is 6.09 Å². The molecule has 0 unspecified atom stereocenters. The number of hydrogen-bond acceptors (Lipinski definition) is 4. The molecule has 2 rings (SSSR count). The molecule has 0 bridgehead atoms. The third-order valence-corrected chi connectivity index (χ3v) is 3.09. The number of rotatable bonds is 4. The van der Waals surface area contributed by atoms with Crippen molar-refractivity contribution in [2.24, 2.45) is 0 Å². The number of carbonyl (C=O) groups excluding carboxylic acids is 2. The number of carbonyl (C=O) groups is 2. The summed E-state index contributed by atoms with van der Waals surface area (Å²) in [4.78, 5) is 23.2. The molecule has 23 heavy (non-hydrogen) atoms. The van der Waals surface area contributed by atoms with Gasteiger partial charge in [-0.2, -0.15) is 0 Å². The first-order valence-corrected chi connectivity index (χ1v) is 7.07. The Hall–Kier alpha value is -2.96. The van der Waals surface area contributed by atoms with E-state index >= 15 is 0 Å². The molecule has 0 spiro atoms. The SMILES string of the molecule is COC(=O)Nc1cccc(NC(=O)N[C@@H](C)c2ccc(C)o2)c1. The zero-order valence-electron chi connectivity index (χ0n) is 13.2. The van der Waals surface area contributed by atoms with E-state index in [1.807, 2.05) is 26.0 Å². The van der Waals surface area contributed by atoms with Crippen molar-refractivity contribution in [2.45, 2.75) is 19.9 Å². The van der Waals surface area contributed by atoms with Crippen LogP contribution in [-0.2, 0) is 4.74 Å². The van der Waals surface area contributed by atoms with Crippen LogP contribution in [0.1, 0.15) is 24.5 Å². The number of furan rings is 1. The molecule has 7 heteroatoms. The Bertz CT molecular complexity index is 696. The number of urea groups is 1. The van der Waals surface area contributed by atoms with Crippen molar-refractivity contribution >= 4 is 23.5 Å². The lowest BCUT2D eigenvalue weighted by atomic mass is 10.2. The fourth-order valence-electron chi connectivity index (χ4n) is 1.96. The summed E-state index contributed by atoms with van der Waals surface area (Å²) >= 11 is 0. The van der Waals surface area contributed by atoms with Gasteiger partial charge in [0.1, 0.15) is 11.5 Å². The molecule has 1 heterocycles. The van der Waals surface area contributed by atoms with E-state index in [0.717, 1.165) is 5.76 Å². The van der Waals surface area contributed by atoms with E-state index in [1.54, 1.807) is 24.3 Å². The lowest BCUT2D eigenvalue weighted by molar-refractivity contribution is 0.187. The van der Waals surface area contributed by atoms with Gasteiger partial charge in [0.05, 0.1) is 13.2 Å². The molecule has 3 amide bonds. The molecule has 0 aliphatic heterocycles. The Balaban J connectivity index is 1.94. The molecule has 7 nitrogen and oxygen atoms in total. The highest BCUT2D eigenvalue weighted by atomic mass is 16.5. The van der Waals surface area contributed by atoms with Crippen LogP contribution < -0.4 is 16.0 Å². The molecule has 0 saturated heterocycles. The zero-order valence-corrected chi connectivity index (χ0v) is 13.2. The van der Waals surface area contributed by atoms with Crippen LogP contribution in [-0.4, -0.2) is 19.2 Å². The fourth-order valence-corrected chi connectivity index (χ4v) is 1.96. The first kappa shape index (κ1) is 16.4. The summed E-state index contributed by atoms with van der Waals surface area (Å²) in [7, 11) is 1.28. The lowest BCUT2D eigenvalue weighted by Gasteiger charge is -2.13. The van der Waals surface area contributed by atoms with E-state index in [1.165, 1.54) is 7.11 Å². The van der Waals surface area contributed by atoms with Crippen molar-refractivity contribution in [3.63, 3.8) is 0 Å². The minimum Gasteiger partial charge on any atom is -0.464 e. The molecule has 0 saturated carbocycles. The van der Waals surface area contributed by atoms with Gasteiger partial charge in [-0.1, -0.05) is 6.07 Å². The number of anilines is 2. The first-order valence-electron chi connectivity index (χ1n) is 7.07. The third kappa shape index (κ3) is 4.77. The van der Waals surface area contributed by atoms with Gasteiger partial charge in [-0.3, -0.25) is 5.32 Å². The van der Waals surface area contributed by atoms with Gasteiger partial charge in [0, 0.05) is 11.4 Å². The summed E-state index contributed by atoms with van der Waals surface area (Å²) < 4.78 is 9.99. The van der Waals surface area contributed by atoms with Gasteiger partial charge in [0.25, 0.3) is 0 Å². The van der Waals surface area contributed by atoms with Crippen LogP contribution >= 0.6 is 0 Å². The van der Waals surface area contributed by atoms with Gasteiger partial charge in [-0.15, -0.1) is 0 Å². The van der Waals surface area contributed by atoms with E-state index in [2.05, 4.69) is 20.7 Å². The van der Waals surface area contributed by atoms with Crippen molar-refractivity contribution in [3.8, 4) is 0 Å². The topological polar surface area (TPSA) is 92.6 Å². The predicted octanol–water partition coefficient (Wildman–Crippen LogP) is 3.65. The Morgan fingerprint density at radius 2 is 1.83 bits per heavy atom. The molecule has 0 aliphatic rings. The smallest absolute Gasteiger partial charge is 0.411 e. The largest absolute Gasteiger partial charge is 0.464 e. The van der Waals surface area contributed by atoms with Crippen LogP contribution in [0.25, 0.3) is 0 Å². The fraction of sp³-hybridized carbons (Fsp3) is 0.250. The van der Waals surface area contributed by atoms with Gasteiger partial charge < -0.3 is 19.8 Å².